The van der Waals surface area contributed by atoms with Crippen molar-refractivity contribution < 1.29 is 22.8 Å². The van der Waals surface area contributed by atoms with E-state index in [4.69, 9.17) is 11.6 Å². The molecule has 2 heterocycles. The van der Waals surface area contributed by atoms with Crippen LogP contribution in [0.5, 0.6) is 0 Å². The van der Waals surface area contributed by atoms with E-state index in [1.54, 1.807) is 23.1 Å². The van der Waals surface area contributed by atoms with Crippen LogP contribution in [-0.4, -0.2) is 54.4 Å². The normalized spacial score (nSPS) is 14.9. The monoisotopic (exact) mass is 440 g/mol. The van der Waals surface area contributed by atoms with Crippen LogP contribution in [0, 0.1) is 0 Å². The van der Waals surface area contributed by atoms with E-state index in [0.717, 1.165) is 12.3 Å². The highest BCUT2D eigenvalue weighted by atomic mass is 35.5. The predicted octanol–water partition coefficient (Wildman–Crippen LogP) is 3.22. The maximum atomic E-state index is 12.7. The molecule has 0 atom stereocenters. The lowest BCUT2D eigenvalue weighted by Crippen LogP contribution is -2.42. The number of hydrogen-bond donors (Lipinski definition) is 1. The molecule has 1 fully saturated rings. The van der Waals surface area contributed by atoms with Crippen LogP contribution >= 0.6 is 11.6 Å². The lowest BCUT2D eigenvalue weighted by atomic mass is 10.2. The summed E-state index contributed by atoms with van der Waals surface area (Å²) in [6.07, 6.45) is -2.98. The number of nitrogens with one attached hydrogen (secondary N) is 1. The van der Waals surface area contributed by atoms with Gasteiger partial charge in [0.2, 0.25) is 5.91 Å². The maximum Gasteiger partial charge on any atom is 0.417 e. The maximum absolute atomic E-state index is 12.7. The largest absolute Gasteiger partial charge is 0.417 e. The molecular formula is C20H20ClF3N4O2. The van der Waals surface area contributed by atoms with Crippen molar-refractivity contribution in [2.45, 2.75) is 12.6 Å². The van der Waals surface area contributed by atoms with Crippen molar-refractivity contribution in [3.63, 3.8) is 0 Å². The zero-order chi connectivity index (χ0) is 21.7. The van der Waals surface area contributed by atoms with Crippen LogP contribution in [0.15, 0.2) is 42.6 Å². The van der Waals surface area contributed by atoms with E-state index in [0.29, 0.717) is 49.0 Å². The molecule has 1 aromatic carbocycles. The fraction of sp³-hybridized carbons (Fsp3) is 0.350. The Morgan fingerprint density at radius 2 is 1.90 bits per heavy atom. The first kappa shape index (κ1) is 21.9. The second kappa shape index (κ2) is 9.34. The van der Waals surface area contributed by atoms with Crippen LogP contribution in [0.3, 0.4) is 0 Å². The van der Waals surface area contributed by atoms with Gasteiger partial charge in [0.1, 0.15) is 5.82 Å². The minimum absolute atomic E-state index is 0.149. The smallest absolute Gasteiger partial charge is 0.355 e. The highest BCUT2D eigenvalue weighted by molar-refractivity contribution is 6.30. The Bertz CT molecular complexity index is 906. The van der Waals surface area contributed by atoms with E-state index in [-0.39, 0.29) is 12.5 Å². The summed E-state index contributed by atoms with van der Waals surface area (Å²) in [5, 5.41) is 3.01. The summed E-state index contributed by atoms with van der Waals surface area (Å²) in [7, 11) is 0. The molecule has 3 rings (SSSR count). The van der Waals surface area contributed by atoms with Crippen LogP contribution < -0.4 is 10.2 Å². The number of pyridine rings is 1. The first-order chi connectivity index (χ1) is 14.2. The number of hydrogen-bond acceptors (Lipinski definition) is 4. The standard InChI is InChI=1S/C20H20ClF3N4O2/c21-16-4-1-3-14(11-16)19(30)26-13-18(29)28-8-2-7-27(9-10-28)17-6-5-15(12-25-17)20(22,23)24/h1,3-6,11-12H,2,7-10,13H2,(H,26,30). The van der Waals surface area contributed by atoms with Gasteiger partial charge >= 0.3 is 6.18 Å². The van der Waals surface area contributed by atoms with Gasteiger partial charge in [-0.05, 0) is 36.8 Å². The number of nitrogens with zero attached hydrogens (tertiary/aromatic N) is 3. The van der Waals surface area contributed by atoms with E-state index < -0.39 is 17.6 Å². The Morgan fingerprint density at radius 3 is 2.57 bits per heavy atom. The molecule has 160 valence electrons. The Balaban J connectivity index is 1.53. The van der Waals surface area contributed by atoms with Gasteiger partial charge in [0.25, 0.3) is 5.91 Å². The Hall–Kier alpha value is -2.81. The molecule has 0 aliphatic carbocycles. The molecule has 1 N–H and O–H groups in total. The van der Waals surface area contributed by atoms with Gasteiger partial charge in [-0.3, -0.25) is 9.59 Å². The van der Waals surface area contributed by atoms with E-state index >= 15 is 0 Å². The highest BCUT2D eigenvalue weighted by Crippen LogP contribution is 2.29. The van der Waals surface area contributed by atoms with E-state index in [1.165, 1.54) is 12.1 Å². The zero-order valence-electron chi connectivity index (χ0n) is 16.0. The van der Waals surface area contributed by atoms with E-state index in [2.05, 4.69) is 10.3 Å². The number of rotatable bonds is 4. The number of aromatic nitrogens is 1. The second-order valence-corrected chi connectivity index (χ2v) is 7.25. The summed E-state index contributed by atoms with van der Waals surface area (Å²) >= 11 is 5.87. The van der Waals surface area contributed by atoms with Crippen molar-refractivity contribution in [1.82, 2.24) is 15.2 Å². The zero-order valence-corrected chi connectivity index (χ0v) is 16.7. The number of halogens is 4. The van der Waals surface area contributed by atoms with Gasteiger partial charge < -0.3 is 15.1 Å². The van der Waals surface area contributed by atoms with Gasteiger partial charge in [0.15, 0.2) is 0 Å². The Labute approximate surface area is 176 Å². The first-order valence-electron chi connectivity index (χ1n) is 9.34. The van der Waals surface area contributed by atoms with E-state index in [9.17, 15) is 22.8 Å². The average molecular weight is 441 g/mol. The van der Waals surface area contributed by atoms with Crippen LogP contribution in [0.25, 0.3) is 0 Å². The SMILES string of the molecule is O=C(NCC(=O)N1CCCN(c2ccc(C(F)(F)F)cn2)CC1)c1cccc(Cl)c1. The molecule has 0 spiro atoms. The quantitative estimate of drug-likeness (QED) is 0.792. The molecule has 1 aromatic heterocycles. The molecular weight excluding hydrogens is 421 g/mol. The van der Waals surface area contributed by atoms with Crippen molar-refractivity contribution in [2.75, 3.05) is 37.6 Å². The Kier molecular flexibility index (Phi) is 6.81. The fourth-order valence-electron chi connectivity index (χ4n) is 3.14. The van der Waals surface area contributed by atoms with Crippen molar-refractivity contribution in [3.05, 3.63) is 58.7 Å². The number of amides is 2. The summed E-state index contributed by atoms with van der Waals surface area (Å²) in [6, 6.07) is 8.76. The lowest BCUT2D eigenvalue weighted by molar-refractivity contribution is -0.137. The molecule has 2 aromatic rings. The minimum Gasteiger partial charge on any atom is -0.355 e. The van der Waals surface area contributed by atoms with Gasteiger partial charge in [-0.2, -0.15) is 13.2 Å². The van der Waals surface area contributed by atoms with Gasteiger partial charge in [0.05, 0.1) is 12.1 Å². The molecule has 10 heteroatoms. The first-order valence-corrected chi connectivity index (χ1v) is 9.71. The third-order valence-corrected chi connectivity index (χ3v) is 4.97. The van der Waals surface area contributed by atoms with Gasteiger partial charge in [-0.25, -0.2) is 4.98 Å². The summed E-state index contributed by atoms with van der Waals surface area (Å²) in [4.78, 5) is 32.0. The summed E-state index contributed by atoms with van der Waals surface area (Å²) < 4.78 is 38.1. The van der Waals surface area contributed by atoms with Crippen molar-refractivity contribution in [2.24, 2.45) is 0 Å². The van der Waals surface area contributed by atoms with Crippen LogP contribution in [0.2, 0.25) is 5.02 Å². The second-order valence-electron chi connectivity index (χ2n) is 6.82. The third kappa shape index (κ3) is 5.63. The van der Waals surface area contributed by atoms with Crippen molar-refractivity contribution in [1.29, 1.82) is 0 Å². The average Bonchev–Trinajstić information content (AvgIpc) is 2.97. The fourth-order valence-corrected chi connectivity index (χ4v) is 3.33. The number of alkyl halides is 3. The van der Waals surface area contributed by atoms with E-state index in [1.807, 2.05) is 4.90 Å². The van der Waals surface area contributed by atoms with Crippen molar-refractivity contribution >= 4 is 29.2 Å². The van der Waals surface area contributed by atoms with Gasteiger partial charge in [-0.15, -0.1) is 0 Å². The number of benzene rings is 1. The third-order valence-electron chi connectivity index (χ3n) is 4.73. The molecule has 1 aliphatic heterocycles. The molecule has 2 amide bonds. The predicted molar refractivity (Wildman–Crippen MR) is 106 cm³/mol. The lowest BCUT2D eigenvalue weighted by Gasteiger charge is -2.23. The number of carbonyl (C=O) groups is 2. The van der Waals surface area contributed by atoms with Crippen LogP contribution in [-0.2, 0) is 11.0 Å². The Morgan fingerprint density at radius 1 is 1.10 bits per heavy atom. The van der Waals surface area contributed by atoms with Crippen molar-refractivity contribution in [3.8, 4) is 0 Å². The van der Waals surface area contributed by atoms with Gasteiger partial charge in [-0.1, -0.05) is 17.7 Å². The highest BCUT2D eigenvalue weighted by Gasteiger charge is 2.31. The molecule has 0 saturated carbocycles. The summed E-state index contributed by atoms with van der Waals surface area (Å²) in [6.45, 7) is 1.73. The summed E-state index contributed by atoms with van der Waals surface area (Å²) in [5.41, 5.74) is -0.431. The molecule has 1 saturated heterocycles. The number of carbonyl (C=O) groups excluding carboxylic acids is 2. The molecule has 0 radical (unpaired) electrons. The topological polar surface area (TPSA) is 65.5 Å². The van der Waals surface area contributed by atoms with Crippen LogP contribution in [0.4, 0.5) is 19.0 Å². The molecule has 6 nitrogen and oxygen atoms in total. The molecule has 1 aliphatic rings. The minimum atomic E-state index is -4.43. The molecule has 0 unspecified atom stereocenters. The number of anilines is 1. The summed E-state index contributed by atoms with van der Waals surface area (Å²) in [5.74, 6) is -0.185. The molecule has 0 bridgehead atoms. The van der Waals surface area contributed by atoms with Crippen LogP contribution in [0.1, 0.15) is 22.3 Å². The molecule has 30 heavy (non-hydrogen) atoms. The van der Waals surface area contributed by atoms with Gasteiger partial charge in [0, 0.05) is 43.0 Å².